The van der Waals surface area contributed by atoms with E-state index < -0.39 is 13.9 Å². The van der Waals surface area contributed by atoms with Crippen molar-refractivity contribution < 1.29 is 14.4 Å². The van der Waals surface area contributed by atoms with E-state index in [-0.39, 0.29) is 23.5 Å². The fourth-order valence-electron chi connectivity index (χ4n) is 2.79. The van der Waals surface area contributed by atoms with Crippen molar-refractivity contribution in [3.05, 3.63) is 12.2 Å². The summed E-state index contributed by atoms with van der Waals surface area (Å²) in [6, 6.07) is 0. The van der Waals surface area contributed by atoms with Crippen LogP contribution in [0.15, 0.2) is 12.2 Å². The van der Waals surface area contributed by atoms with E-state index >= 15 is 0 Å². The second-order valence-electron chi connectivity index (χ2n) is 7.56. The molecule has 1 amide bonds. The molecule has 0 bridgehead atoms. The maximum atomic E-state index is 12.0. The molecule has 1 N–H and O–H groups in total. The Morgan fingerprint density at radius 3 is 2.60 bits per heavy atom. The van der Waals surface area contributed by atoms with Crippen LogP contribution in [0.25, 0.3) is 0 Å². The lowest BCUT2D eigenvalue weighted by molar-refractivity contribution is -0.180. The predicted molar refractivity (Wildman–Crippen MR) is 81.0 cm³/mol. The molecule has 1 spiro atoms. The van der Waals surface area contributed by atoms with Crippen LogP contribution in [0.4, 0.5) is 0 Å². The van der Waals surface area contributed by atoms with Gasteiger partial charge in [-0.15, -0.1) is 0 Å². The molecule has 0 aromatic rings. The van der Waals surface area contributed by atoms with Gasteiger partial charge < -0.3 is 4.43 Å². The highest BCUT2D eigenvalue weighted by Gasteiger charge is 2.55. The first-order valence-electron chi connectivity index (χ1n) is 7.48. The number of nitrogens with zero attached hydrogens (tertiary/aromatic N) is 1. The van der Waals surface area contributed by atoms with Crippen molar-refractivity contribution in [1.82, 2.24) is 5.06 Å². The molecule has 0 aromatic carbocycles. The third kappa shape index (κ3) is 2.47. The van der Waals surface area contributed by atoms with Crippen LogP contribution in [-0.4, -0.2) is 36.1 Å². The molecule has 1 aliphatic heterocycles. The zero-order valence-electron chi connectivity index (χ0n) is 13.3. The summed E-state index contributed by atoms with van der Waals surface area (Å²) in [5.74, 6) is -0.222. The van der Waals surface area contributed by atoms with E-state index in [0.717, 1.165) is 24.3 Å². The molecule has 1 aliphatic carbocycles. The van der Waals surface area contributed by atoms with Gasteiger partial charge >= 0.3 is 0 Å². The second-order valence-corrected chi connectivity index (χ2v) is 12.3. The minimum Gasteiger partial charge on any atom is -0.411 e. The first-order valence-corrected chi connectivity index (χ1v) is 10.4. The quantitative estimate of drug-likeness (QED) is 0.482. The third-order valence-corrected chi connectivity index (χ3v) is 9.63. The van der Waals surface area contributed by atoms with E-state index in [1.165, 1.54) is 0 Å². The monoisotopic (exact) mass is 297 g/mol. The first kappa shape index (κ1) is 15.7. The molecule has 2 rings (SSSR count). The van der Waals surface area contributed by atoms with Crippen LogP contribution in [-0.2, 0) is 9.22 Å². The van der Waals surface area contributed by atoms with Crippen molar-refractivity contribution in [3.63, 3.8) is 0 Å². The molecule has 2 atom stereocenters. The number of amides is 1. The smallest absolute Gasteiger partial charge is 0.249 e. The average molecular weight is 297 g/mol. The standard InChI is InChI=1S/C15H27NO3Si/c1-14(2,3)20(4,5)19-12-11-13(17)16(18)15(12)9-7-6-8-10-15/h7,9,12,18H,6,8,10-11H2,1-5H3. The van der Waals surface area contributed by atoms with Crippen molar-refractivity contribution in [2.75, 3.05) is 0 Å². The SMILES string of the molecule is CC(C)(C)[Si](C)(C)OC1CC(=O)N(O)C12C=CCCC2. The van der Waals surface area contributed by atoms with Crippen molar-refractivity contribution >= 4 is 14.2 Å². The van der Waals surface area contributed by atoms with Crippen LogP contribution in [0, 0.1) is 0 Å². The number of hydrogen-bond donors (Lipinski definition) is 1. The molecule has 1 heterocycles. The molecular formula is C15H27NO3Si. The van der Waals surface area contributed by atoms with Gasteiger partial charge in [0.05, 0.1) is 12.5 Å². The van der Waals surface area contributed by atoms with Crippen LogP contribution in [0.2, 0.25) is 18.1 Å². The Bertz CT molecular complexity index is 427. The fourth-order valence-corrected chi connectivity index (χ4v) is 4.14. The van der Waals surface area contributed by atoms with Crippen molar-refractivity contribution in [1.29, 1.82) is 0 Å². The van der Waals surface area contributed by atoms with Gasteiger partial charge in [-0.25, -0.2) is 5.06 Å². The van der Waals surface area contributed by atoms with Gasteiger partial charge in [0.25, 0.3) is 0 Å². The number of hydroxylamine groups is 2. The Labute approximate surface area is 122 Å². The summed E-state index contributed by atoms with van der Waals surface area (Å²) >= 11 is 0. The molecule has 5 heteroatoms. The van der Waals surface area contributed by atoms with Gasteiger partial charge in [0.15, 0.2) is 8.32 Å². The van der Waals surface area contributed by atoms with Crippen molar-refractivity contribution in [2.24, 2.45) is 0 Å². The summed E-state index contributed by atoms with van der Waals surface area (Å²) in [7, 11) is -1.96. The minimum atomic E-state index is -1.96. The van der Waals surface area contributed by atoms with Gasteiger partial charge in [-0.3, -0.25) is 10.0 Å². The zero-order valence-corrected chi connectivity index (χ0v) is 14.3. The molecule has 4 nitrogen and oxygen atoms in total. The lowest BCUT2D eigenvalue weighted by Crippen LogP contribution is -2.54. The van der Waals surface area contributed by atoms with E-state index in [0.29, 0.717) is 0 Å². The Kier molecular flexibility index (Phi) is 3.90. The maximum absolute atomic E-state index is 12.0. The van der Waals surface area contributed by atoms with E-state index in [2.05, 4.69) is 39.9 Å². The van der Waals surface area contributed by atoms with Crippen molar-refractivity contribution in [2.45, 2.75) is 76.2 Å². The van der Waals surface area contributed by atoms with E-state index in [1.54, 1.807) is 0 Å². The first-order chi connectivity index (χ1) is 9.10. The van der Waals surface area contributed by atoms with E-state index in [1.807, 2.05) is 6.08 Å². The highest BCUT2D eigenvalue weighted by Crippen LogP contribution is 2.44. The number of hydrogen-bond acceptors (Lipinski definition) is 3. The van der Waals surface area contributed by atoms with Crippen LogP contribution in [0.1, 0.15) is 46.5 Å². The van der Waals surface area contributed by atoms with Gasteiger partial charge in [0, 0.05) is 0 Å². The lowest BCUT2D eigenvalue weighted by Gasteiger charge is -2.44. The molecule has 1 fully saturated rings. The Morgan fingerprint density at radius 1 is 1.45 bits per heavy atom. The topological polar surface area (TPSA) is 49.8 Å². The van der Waals surface area contributed by atoms with Gasteiger partial charge in [0.2, 0.25) is 5.91 Å². The molecule has 0 radical (unpaired) electrons. The molecule has 1 saturated heterocycles. The molecule has 2 aliphatic rings. The van der Waals surface area contributed by atoms with E-state index in [4.69, 9.17) is 4.43 Å². The fraction of sp³-hybridized carbons (Fsp3) is 0.800. The molecule has 20 heavy (non-hydrogen) atoms. The summed E-state index contributed by atoms with van der Waals surface area (Å²) in [5, 5.41) is 11.2. The third-order valence-electron chi connectivity index (χ3n) is 5.15. The van der Waals surface area contributed by atoms with Crippen LogP contribution in [0.5, 0.6) is 0 Å². The Balaban J connectivity index is 2.29. The molecule has 0 aromatic heterocycles. The van der Waals surface area contributed by atoms with Gasteiger partial charge in [-0.1, -0.05) is 32.9 Å². The summed E-state index contributed by atoms with van der Waals surface area (Å²) in [4.78, 5) is 12.0. The number of allylic oxidation sites excluding steroid dienone is 1. The van der Waals surface area contributed by atoms with Gasteiger partial charge in [0.1, 0.15) is 5.54 Å². The molecular weight excluding hydrogens is 270 g/mol. The number of carbonyl (C=O) groups excluding carboxylic acids is 1. The summed E-state index contributed by atoms with van der Waals surface area (Å²) in [6.07, 6.45) is 6.89. The normalized spacial score (nSPS) is 31.4. The number of rotatable bonds is 2. The van der Waals surface area contributed by atoms with Crippen LogP contribution < -0.4 is 0 Å². The van der Waals surface area contributed by atoms with Crippen LogP contribution in [0.3, 0.4) is 0 Å². The molecule has 0 saturated carbocycles. The minimum absolute atomic E-state index is 0.0957. The summed E-state index contributed by atoms with van der Waals surface area (Å²) < 4.78 is 6.46. The summed E-state index contributed by atoms with van der Waals surface area (Å²) in [6.45, 7) is 11.0. The average Bonchev–Trinajstić information content (AvgIpc) is 2.54. The van der Waals surface area contributed by atoms with E-state index in [9.17, 15) is 10.0 Å². The van der Waals surface area contributed by atoms with Crippen LogP contribution >= 0.6 is 0 Å². The molecule has 114 valence electrons. The Morgan fingerprint density at radius 2 is 2.10 bits per heavy atom. The summed E-state index contributed by atoms with van der Waals surface area (Å²) in [5.41, 5.74) is -0.634. The zero-order chi connectivity index (χ0) is 15.2. The lowest BCUT2D eigenvalue weighted by atomic mass is 9.84. The highest BCUT2D eigenvalue weighted by atomic mass is 28.4. The number of carbonyl (C=O) groups is 1. The van der Waals surface area contributed by atoms with Gasteiger partial charge in [-0.05, 0) is 37.4 Å². The van der Waals surface area contributed by atoms with Crippen molar-refractivity contribution in [3.8, 4) is 0 Å². The molecule has 2 unspecified atom stereocenters. The Hall–Kier alpha value is -0.653. The van der Waals surface area contributed by atoms with Gasteiger partial charge in [-0.2, -0.15) is 0 Å². The highest BCUT2D eigenvalue weighted by molar-refractivity contribution is 6.74. The largest absolute Gasteiger partial charge is 0.411 e. The predicted octanol–water partition coefficient (Wildman–Crippen LogP) is 3.48. The second kappa shape index (κ2) is 4.96. The maximum Gasteiger partial charge on any atom is 0.249 e.